The maximum atomic E-state index is 14.2. The molecule has 1 aliphatic carbocycles. The largest absolute Gasteiger partial charge is 0.353 e. The summed E-state index contributed by atoms with van der Waals surface area (Å²) in [7, 11) is 0. The number of hydrogen-bond acceptors (Lipinski definition) is 5. The van der Waals surface area contributed by atoms with Gasteiger partial charge in [-0.1, -0.05) is 50.6 Å². The number of benzene rings is 1. The summed E-state index contributed by atoms with van der Waals surface area (Å²) in [6.45, 7) is 4.25. The van der Waals surface area contributed by atoms with E-state index in [1.54, 1.807) is 4.90 Å². The molecule has 2 aromatic rings. The minimum Gasteiger partial charge on any atom is -0.353 e. The number of hydrogen-bond donors (Lipinski definition) is 1. The molecule has 1 saturated heterocycles. The van der Waals surface area contributed by atoms with Gasteiger partial charge in [0.2, 0.25) is 11.8 Å². The molecule has 0 radical (unpaired) electrons. The number of fused-ring (bicyclic) bond motifs is 1. The molecule has 2 amide bonds. The highest BCUT2D eigenvalue weighted by Crippen LogP contribution is 2.39. The van der Waals surface area contributed by atoms with E-state index in [0.29, 0.717) is 12.2 Å². The van der Waals surface area contributed by atoms with Crippen molar-refractivity contribution in [3.63, 3.8) is 0 Å². The van der Waals surface area contributed by atoms with Gasteiger partial charge in [-0.05, 0) is 79.4 Å². The highest BCUT2D eigenvalue weighted by Gasteiger charge is 2.39. The second-order valence-corrected chi connectivity index (χ2v) is 13.3. The number of halogens is 1. The number of carbonyl (C=O) groups is 3. The van der Waals surface area contributed by atoms with Crippen molar-refractivity contribution in [3.8, 4) is 0 Å². The quantitative estimate of drug-likeness (QED) is 0.403. The van der Waals surface area contributed by atoms with Gasteiger partial charge in [-0.3, -0.25) is 19.3 Å². The fraction of sp³-hybridized carbons (Fsp3) is 0.576. The molecular formula is C33H42FN3O3S. The van der Waals surface area contributed by atoms with Gasteiger partial charge < -0.3 is 5.32 Å². The first-order chi connectivity index (χ1) is 19.9. The molecule has 3 heterocycles. The fourth-order valence-corrected chi connectivity index (χ4v) is 8.09. The standard InChI is InChI=1S/C33H42FN3O3S/c1-3-21(2)31(23-7-5-4-6-8-23)33(40)36-26-11-9-22(10-12-26)24-17-29(38)28-19-25(34)20-35-32(28)37(30(39)18-24)27-13-15-41-16-14-27/h4-8,19-22,24,26-27,31H,3,9-18H2,1-2H3,(H,36,40). The maximum Gasteiger partial charge on any atom is 0.228 e. The Morgan fingerprint density at radius 2 is 1.76 bits per heavy atom. The van der Waals surface area contributed by atoms with Crippen molar-refractivity contribution in [2.45, 2.75) is 89.6 Å². The number of nitrogens with zero attached hydrogens (tertiary/aromatic N) is 2. The number of rotatable bonds is 7. The van der Waals surface area contributed by atoms with E-state index in [4.69, 9.17) is 0 Å². The van der Waals surface area contributed by atoms with Crippen LogP contribution >= 0.6 is 11.8 Å². The molecule has 3 atom stereocenters. The van der Waals surface area contributed by atoms with Crippen LogP contribution in [0.15, 0.2) is 42.6 Å². The van der Waals surface area contributed by atoms with Crippen LogP contribution in [0.5, 0.6) is 0 Å². The lowest BCUT2D eigenvalue weighted by Gasteiger charge is -2.39. The molecule has 0 spiro atoms. The summed E-state index contributed by atoms with van der Waals surface area (Å²) < 4.78 is 14.2. The van der Waals surface area contributed by atoms with Crippen LogP contribution in [-0.2, 0) is 9.59 Å². The summed E-state index contributed by atoms with van der Waals surface area (Å²) in [6, 6.07) is 11.3. The van der Waals surface area contributed by atoms with Crippen molar-refractivity contribution in [3.05, 3.63) is 59.5 Å². The number of ketones is 1. The number of nitrogens with one attached hydrogen (secondary N) is 1. The van der Waals surface area contributed by atoms with Gasteiger partial charge in [0, 0.05) is 24.9 Å². The van der Waals surface area contributed by atoms with E-state index in [1.165, 1.54) is 6.07 Å². The highest BCUT2D eigenvalue weighted by atomic mass is 32.2. The monoisotopic (exact) mass is 579 g/mol. The average molecular weight is 580 g/mol. The Morgan fingerprint density at radius 3 is 2.44 bits per heavy atom. The van der Waals surface area contributed by atoms with Crippen molar-refractivity contribution in [1.82, 2.24) is 10.3 Å². The Hall–Kier alpha value is -2.74. The molecule has 41 heavy (non-hydrogen) atoms. The first-order valence-electron chi connectivity index (χ1n) is 15.3. The summed E-state index contributed by atoms with van der Waals surface area (Å²) >= 11 is 1.87. The molecule has 3 unspecified atom stereocenters. The zero-order valence-corrected chi connectivity index (χ0v) is 25.0. The molecule has 2 fully saturated rings. The predicted octanol–water partition coefficient (Wildman–Crippen LogP) is 6.55. The van der Waals surface area contributed by atoms with E-state index in [-0.39, 0.29) is 65.3 Å². The molecule has 0 bridgehead atoms. The van der Waals surface area contributed by atoms with E-state index < -0.39 is 5.82 Å². The maximum absolute atomic E-state index is 14.2. The van der Waals surface area contributed by atoms with E-state index in [1.807, 2.05) is 42.1 Å². The van der Waals surface area contributed by atoms with Gasteiger partial charge in [0.1, 0.15) is 11.6 Å². The van der Waals surface area contributed by atoms with Crippen molar-refractivity contribution in [2.75, 3.05) is 16.4 Å². The molecule has 5 rings (SSSR count). The molecule has 1 N–H and O–H groups in total. The van der Waals surface area contributed by atoms with E-state index >= 15 is 0 Å². The number of thioether (sulfide) groups is 1. The average Bonchev–Trinajstić information content (AvgIpc) is 2.98. The zero-order chi connectivity index (χ0) is 28.9. The number of amides is 2. The molecule has 1 saturated carbocycles. The Morgan fingerprint density at radius 1 is 1.05 bits per heavy atom. The first kappa shape index (κ1) is 29.7. The van der Waals surface area contributed by atoms with Crippen LogP contribution in [0, 0.1) is 23.6 Å². The number of Topliss-reactive ketones (excluding diaryl/α,β-unsaturated/α-hetero) is 1. The molecule has 3 aliphatic rings. The number of pyridine rings is 1. The molecular weight excluding hydrogens is 537 g/mol. The van der Waals surface area contributed by atoms with Crippen molar-refractivity contribution < 1.29 is 18.8 Å². The summed E-state index contributed by atoms with van der Waals surface area (Å²) in [5.41, 5.74) is 1.28. The predicted molar refractivity (Wildman–Crippen MR) is 162 cm³/mol. The summed E-state index contributed by atoms with van der Waals surface area (Å²) in [6.07, 6.45) is 7.61. The van der Waals surface area contributed by atoms with Crippen LogP contribution in [0.3, 0.4) is 0 Å². The lowest BCUT2D eigenvalue weighted by atomic mass is 9.73. The number of carbonyl (C=O) groups excluding carboxylic acids is 3. The Balaban J connectivity index is 1.27. The SMILES string of the molecule is CCC(C)C(C(=O)NC1CCC(C2CC(=O)c3cc(F)cnc3N(C3CCSCC3)C(=O)C2)CC1)c1ccccc1. The third-order valence-corrected chi connectivity index (χ3v) is 10.6. The third kappa shape index (κ3) is 6.85. The van der Waals surface area contributed by atoms with Crippen LogP contribution in [0.1, 0.15) is 93.5 Å². The van der Waals surface area contributed by atoms with Gasteiger partial charge in [0.15, 0.2) is 5.78 Å². The Bertz CT molecular complexity index is 1230. The van der Waals surface area contributed by atoms with E-state index in [2.05, 4.69) is 24.1 Å². The Kier molecular flexibility index (Phi) is 9.79. The molecule has 2 aliphatic heterocycles. The number of aromatic nitrogens is 1. The van der Waals surface area contributed by atoms with Crippen LogP contribution < -0.4 is 10.2 Å². The van der Waals surface area contributed by atoms with Crippen molar-refractivity contribution in [2.24, 2.45) is 17.8 Å². The second-order valence-electron chi connectivity index (χ2n) is 12.1. The van der Waals surface area contributed by atoms with Crippen LogP contribution in [-0.4, -0.2) is 46.2 Å². The minimum absolute atomic E-state index is 0.00515. The zero-order valence-electron chi connectivity index (χ0n) is 24.2. The molecule has 1 aromatic carbocycles. The molecule has 6 nitrogen and oxygen atoms in total. The normalized spacial score (nSPS) is 25.5. The molecule has 8 heteroatoms. The second kappa shape index (κ2) is 13.5. The Labute approximate surface area is 247 Å². The summed E-state index contributed by atoms with van der Waals surface area (Å²) in [5.74, 6) is 1.80. The summed E-state index contributed by atoms with van der Waals surface area (Å²) in [4.78, 5) is 46.8. The summed E-state index contributed by atoms with van der Waals surface area (Å²) in [5, 5.41) is 3.33. The van der Waals surface area contributed by atoms with Gasteiger partial charge in [0.25, 0.3) is 0 Å². The topological polar surface area (TPSA) is 79.4 Å². The van der Waals surface area contributed by atoms with Crippen LogP contribution in [0.2, 0.25) is 0 Å². The smallest absolute Gasteiger partial charge is 0.228 e. The van der Waals surface area contributed by atoms with Crippen molar-refractivity contribution in [1.29, 1.82) is 0 Å². The lowest BCUT2D eigenvalue weighted by molar-refractivity contribution is -0.124. The van der Waals surface area contributed by atoms with Gasteiger partial charge in [-0.2, -0.15) is 11.8 Å². The first-order valence-corrected chi connectivity index (χ1v) is 16.4. The minimum atomic E-state index is -0.553. The van der Waals surface area contributed by atoms with Crippen LogP contribution in [0.25, 0.3) is 0 Å². The van der Waals surface area contributed by atoms with Gasteiger partial charge in [-0.15, -0.1) is 0 Å². The molecule has 1 aromatic heterocycles. The third-order valence-electron chi connectivity index (χ3n) is 9.51. The van der Waals surface area contributed by atoms with Gasteiger partial charge in [0.05, 0.1) is 17.7 Å². The van der Waals surface area contributed by atoms with Gasteiger partial charge in [-0.25, -0.2) is 9.37 Å². The number of anilines is 1. The van der Waals surface area contributed by atoms with Crippen LogP contribution in [0.4, 0.5) is 10.2 Å². The van der Waals surface area contributed by atoms with Gasteiger partial charge >= 0.3 is 0 Å². The van der Waals surface area contributed by atoms with E-state index in [0.717, 1.165) is 68.2 Å². The highest BCUT2D eigenvalue weighted by molar-refractivity contribution is 7.99. The van der Waals surface area contributed by atoms with Crippen molar-refractivity contribution >= 4 is 35.2 Å². The fourth-order valence-electron chi connectivity index (χ4n) is 7.00. The lowest BCUT2D eigenvalue weighted by Crippen LogP contribution is -2.46. The van der Waals surface area contributed by atoms with E-state index in [9.17, 15) is 18.8 Å². The molecule has 220 valence electrons.